The summed E-state index contributed by atoms with van der Waals surface area (Å²) >= 11 is 0. The second-order valence-corrected chi connectivity index (χ2v) is 6.36. The summed E-state index contributed by atoms with van der Waals surface area (Å²) < 4.78 is 21.8. The molecule has 0 spiro atoms. The summed E-state index contributed by atoms with van der Waals surface area (Å²) in [5.74, 6) is 1.05. The first-order valence-electron chi connectivity index (χ1n) is 9.03. The van der Waals surface area contributed by atoms with Crippen LogP contribution in [0.15, 0.2) is 42.5 Å². The summed E-state index contributed by atoms with van der Waals surface area (Å²) in [5.41, 5.74) is 1.32. The molecule has 0 bridgehead atoms. The Bertz CT molecular complexity index is 785. The molecule has 28 heavy (non-hydrogen) atoms. The van der Waals surface area contributed by atoms with Crippen LogP contribution in [0.1, 0.15) is 22.0 Å². The van der Waals surface area contributed by atoms with E-state index in [0.717, 1.165) is 5.56 Å². The standard InChI is InChI=1S/C21H25NO6/c1-25-16-11-15(12-17(26-2)20(16)27-3)21(24)22-9-10-28-18(13-23)19(22)14-7-5-4-6-8-14/h4-8,11-12,18-19,23H,9-10,13H2,1-3H3. The van der Waals surface area contributed by atoms with Gasteiger partial charge in [-0.15, -0.1) is 0 Å². The zero-order chi connectivity index (χ0) is 20.1. The van der Waals surface area contributed by atoms with E-state index in [1.807, 2.05) is 30.3 Å². The molecular weight excluding hydrogens is 362 g/mol. The van der Waals surface area contributed by atoms with Crippen molar-refractivity contribution in [3.8, 4) is 17.2 Å². The number of hydrogen-bond acceptors (Lipinski definition) is 6. The molecule has 7 nitrogen and oxygen atoms in total. The Labute approximate surface area is 164 Å². The van der Waals surface area contributed by atoms with Gasteiger partial charge < -0.3 is 29.0 Å². The van der Waals surface area contributed by atoms with Crippen molar-refractivity contribution in [1.82, 2.24) is 4.90 Å². The van der Waals surface area contributed by atoms with E-state index in [0.29, 0.717) is 36.0 Å². The van der Waals surface area contributed by atoms with Crippen molar-refractivity contribution < 1.29 is 28.8 Å². The lowest BCUT2D eigenvalue weighted by Gasteiger charge is -2.41. The zero-order valence-electron chi connectivity index (χ0n) is 16.3. The first kappa shape index (κ1) is 20.0. The van der Waals surface area contributed by atoms with E-state index in [1.54, 1.807) is 17.0 Å². The van der Waals surface area contributed by atoms with Crippen molar-refractivity contribution in [2.75, 3.05) is 41.1 Å². The monoisotopic (exact) mass is 387 g/mol. The molecule has 1 amide bonds. The third-order valence-corrected chi connectivity index (χ3v) is 4.85. The van der Waals surface area contributed by atoms with Crippen LogP contribution in [0.3, 0.4) is 0 Å². The molecule has 0 saturated carbocycles. The number of carbonyl (C=O) groups excluding carboxylic acids is 1. The van der Waals surface area contributed by atoms with E-state index in [1.165, 1.54) is 21.3 Å². The minimum absolute atomic E-state index is 0.182. The van der Waals surface area contributed by atoms with Gasteiger partial charge in [0.2, 0.25) is 5.75 Å². The van der Waals surface area contributed by atoms with Crippen molar-refractivity contribution in [3.63, 3.8) is 0 Å². The SMILES string of the molecule is COc1cc(C(=O)N2CCOC(CO)C2c2ccccc2)cc(OC)c1OC. The lowest BCUT2D eigenvalue weighted by Crippen LogP contribution is -2.49. The molecule has 1 N–H and O–H groups in total. The summed E-state index contributed by atoms with van der Waals surface area (Å²) in [7, 11) is 4.53. The highest BCUT2D eigenvalue weighted by Gasteiger charge is 2.37. The highest BCUT2D eigenvalue weighted by molar-refractivity contribution is 5.96. The van der Waals surface area contributed by atoms with Gasteiger partial charge >= 0.3 is 0 Å². The summed E-state index contributed by atoms with van der Waals surface area (Å²) in [5, 5.41) is 9.81. The highest BCUT2D eigenvalue weighted by Crippen LogP contribution is 2.39. The smallest absolute Gasteiger partial charge is 0.254 e. The van der Waals surface area contributed by atoms with Gasteiger partial charge in [0.1, 0.15) is 6.10 Å². The van der Waals surface area contributed by atoms with Gasteiger partial charge in [0.05, 0.1) is 40.6 Å². The predicted octanol–water partition coefficient (Wildman–Crippen LogP) is 2.29. The Morgan fingerprint density at radius 2 is 1.75 bits per heavy atom. The van der Waals surface area contributed by atoms with Crippen LogP contribution in [0.25, 0.3) is 0 Å². The zero-order valence-corrected chi connectivity index (χ0v) is 16.3. The predicted molar refractivity (Wildman–Crippen MR) is 103 cm³/mol. The number of morpholine rings is 1. The average molecular weight is 387 g/mol. The van der Waals surface area contributed by atoms with E-state index < -0.39 is 12.1 Å². The van der Waals surface area contributed by atoms with Gasteiger partial charge in [-0.1, -0.05) is 30.3 Å². The second kappa shape index (κ2) is 8.95. The van der Waals surface area contributed by atoms with Crippen LogP contribution in [-0.2, 0) is 4.74 Å². The molecule has 7 heteroatoms. The minimum atomic E-state index is -0.498. The van der Waals surface area contributed by atoms with Crippen LogP contribution in [0.5, 0.6) is 17.2 Å². The third-order valence-electron chi connectivity index (χ3n) is 4.85. The first-order valence-corrected chi connectivity index (χ1v) is 9.03. The molecule has 1 aliphatic rings. The maximum atomic E-state index is 13.4. The molecule has 1 saturated heterocycles. The van der Waals surface area contributed by atoms with E-state index in [2.05, 4.69) is 0 Å². The number of aliphatic hydroxyl groups excluding tert-OH is 1. The van der Waals surface area contributed by atoms with Gasteiger partial charge in [0.25, 0.3) is 5.91 Å². The number of amides is 1. The number of ether oxygens (including phenoxy) is 4. The highest BCUT2D eigenvalue weighted by atomic mass is 16.5. The molecule has 0 radical (unpaired) electrons. The van der Waals surface area contributed by atoms with Crippen molar-refractivity contribution in [1.29, 1.82) is 0 Å². The number of hydrogen-bond donors (Lipinski definition) is 1. The number of aliphatic hydroxyl groups is 1. The minimum Gasteiger partial charge on any atom is -0.493 e. The van der Waals surface area contributed by atoms with E-state index in [9.17, 15) is 9.90 Å². The van der Waals surface area contributed by atoms with Crippen LogP contribution in [0, 0.1) is 0 Å². The van der Waals surface area contributed by atoms with Gasteiger partial charge in [-0.05, 0) is 17.7 Å². The molecular formula is C21H25NO6. The van der Waals surface area contributed by atoms with Crippen LogP contribution in [0.2, 0.25) is 0 Å². The third kappa shape index (κ3) is 3.76. The molecule has 2 atom stereocenters. The van der Waals surface area contributed by atoms with E-state index >= 15 is 0 Å². The quantitative estimate of drug-likeness (QED) is 0.820. The average Bonchev–Trinajstić information content (AvgIpc) is 2.77. The summed E-state index contributed by atoms with van der Waals surface area (Å²) in [6.45, 7) is 0.578. The van der Waals surface area contributed by atoms with Gasteiger partial charge in [0, 0.05) is 12.1 Å². The summed E-state index contributed by atoms with van der Waals surface area (Å²) in [4.78, 5) is 15.1. The van der Waals surface area contributed by atoms with Gasteiger partial charge in [-0.25, -0.2) is 0 Å². The van der Waals surface area contributed by atoms with Gasteiger partial charge in [-0.2, -0.15) is 0 Å². The number of benzene rings is 2. The molecule has 3 rings (SSSR count). The molecule has 2 aromatic carbocycles. The molecule has 1 aliphatic heterocycles. The van der Waals surface area contributed by atoms with Gasteiger partial charge in [-0.3, -0.25) is 4.79 Å². The van der Waals surface area contributed by atoms with Crippen molar-refractivity contribution >= 4 is 5.91 Å². The number of methoxy groups -OCH3 is 3. The molecule has 0 aromatic heterocycles. The number of nitrogens with zero attached hydrogens (tertiary/aromatic N) is 1. The van der Waals surface area contributed by atoms with Crippen molar-refractivity contribution in [2.45, 2.75) is 12.1 Å². The largest absolute Gasteiger partial charge is 0.493 e. The fourth-order valence-corrected chi connectivity index (χ4v) is 3.53. The Kier molecular flexibility index (Phi) is 6.38. The van der Waals surface area contributed by atoms with Crippen molar-refractivity contribution in [3.05, 3.63) is 53.6 Å². The van der Waals surface area contributed by atoms with E-state index in [4.69, 9.17) is 18.9 Å². The van der Waals surface area contributed by atoms with Crippen LogP contribution >= 0.6 is 0 Å². The maximum Gasteiger partial charge on any atom is 0.254 e. The van der Waals surface area contributed by atoms with Crippen molar-refractivity contribution in [2.24, 2.45) is 0 Å². The summed E-state index contributed by atoms with van der Waals surface area (Å²) in [6, 6.07) is 12.4. The molecule has 2 unspecified atom stereocenters. The lowest BCUT2D eigenvalue weighted by atomic mass is 9.97. The molecule has 1 heterocycles. The fraction of sp³-hybridized carbons (Fsp3) is 0.381. The van der Waals surface area contributed by atoms with Crippen LogP contribution < -0.4 is 14.2 Å². The number of carbonyl (C=O) groups is 1. The maximum absolute atomic E-state index is 13.4. The topological polar surface area (TPSA) is 77.5 Å². The molecule has 2 aromatic rings. The second-order valence-electron chi connectivity index (χ2n) is 6.36. The number of rotatable bonds is 6. The normalized spacial score (nSPS) is 19.2. The molecule has 0 aliphatic carbocycles. The Hall–Kier alpha value is -2.77. The Morgan fingerprint density at radius 3 is 2.29 bits per heavy atom. The summed E-state index contributed by atoms with van der Waals surface area (Å²) in [6.07, 6.45) is -0.498. The molecule has 150 valence electrons. The molecule has 1 fully saturated rings. The Morgan fingerprint density at radius 1 is 1.11 bits per heavy atom. The van der Waals surface area contributed by atoms with Gasteiger partial charge in [0.15, 0.2) is 11.5 Å². The lowest BCUT2D eigenvalue weighted by molar-refractivity contribution is -0.0811. The Balaban J connectivity index is 2.02. The van der Waals surface area contributed by atoms with Crippen LogP contribution in [-0.4, -0.2) is 63.1 Å². The fourth-order valence-electron chi connectivity index (χ4n) is 3.53. The first-order chi connectivity index (χ1) is 13.6. The van der Waals surface area contributed by atoms with E-state index in [-0.39, 0.29) is 12.5 Å². The van der Waals surface area contributed by atoms with Crippen LogP contribution in [0.4, 0.5) is 0 Å².